The normalized spacial score (nSPS) is 17.0. The van der Waals surface area contributed by atoms with Gasteiger partial charge in [-0.2, -0.15) is 5.10 Å². The highest BCUT2D eigenvalue weighted by atomic mass is 16.2. The highest BCUT2D eigenvalue weighted by molar-refractivity contribution is 5.92. The topological polar surface area (TPSA) is 68.8 Å². The Labute approximate surface area is 165 Å². The molecule has 1 fully saturated rings. The molecule has 1 aliphatic rings. The monoisotopic (exact) mass is 378 g/mol. The summed E-state index contributed by atoms with van der Waals surface area (Å²) in [5.74, 6) is -0.0128. The Hall–Kier alpha value is -2.96. The van der Waals surface area contributed by atoms with Crippen LogP contribution in [0.1, 0.15) is 47.3 Å². The third-order valence-corrected chi connectivity index (χ3v) is 5.49. The molecule has 1 atom stereocenters. The molecule has 2 aromatic heterocycles. The van der Waals surface area contributed by atoms with Crippen LogP contribution >= 0.6 is 0 Å². The van der Waals surface area contributed by atoms with E-state index in [1.54, 1.807) is 17.1 Å². The SMILES string of the molecule is Cc1ccccc1Cn1cc(C(=O)N2CCCCC2CCn2cccn2)nn1. The number of piperidine rings is 1. The molecule has 7 nitrogen and oxygen atoms in total. The van der Waals surface area contributed by atoms with Gasteiger partial charge in [-0.3, -0.25) is 9.48 Å². The van der Waals surface area contributed by atoms with Gasteiger partial charge < -0.3 is 4.90 Å². The maximum absolute atomic E-state index is 13.1. The summed E-state index contributed by atoms with van der Waals surface area (Å²) in [5, 5.41) is 12.6. The zero-order valence-corrected chi connectivity index (χ0v) is 16.2. The van der Waals surface area contributed by atoms with Crippen LogP contribution in [0.2, 0.25) is 0 Å². The fourth-order valence-corrected chi connectivity index (χ4v) is 3.86. The molecule has 0 saturated carbocycles. The second kappa shape index (κ2) is 8.37. The van der Waals surface area contributed by atoms with Gasteiger partial charge in [0.05, 0.1) is 12.7 Å². The van der Waals surface area contributed by atoms with E-state index >= 15 is 0 Å². The number of amides is 1. The first kappa shape index (κ1) is 18.4. The molecule has 4 rings (SSSR count). The smallest absolute Gasteiger partial charge is 0.276 e. The largest absolute Gasteiger partial charge is 0.334 e. The second-order valence-electron chi connectivity index (χ2n) is 7.43. The van der Waals surface area contributed by atoms with Gasteiger partial charge in [-0.05, 0) is 49.8 Å². The molecule has 3 aromatic rings. The number of nitrogens with zero attached hydrogens (tertiary/aromatic N) is 6. The van der Waals surface area contributed by atoms with Crippen molar-refractivity contribution in [3.05, 3.63) is 65.7 Å². The fraction of sp³-hybridized carbons (Fsp3) is 0.429. The van der Waals surface area contributed by atoms with Gasteiger partial charge >= 0.3 is 0 Å². The zero-order valence-electron chi connectivity index (χ0n) is 16.2. The molecule has 1 aromatic carbocycles. The van der Waals surface area contributed by atoms with Crippen LogP contribution in [0.25, 0.3) is 0 Å². The molecule has 0 bridgehead atoms. The van der Waals surface area contributed by atoms with Crippen molar-refractivity contribution in [2.75, 3.05) is 6.54 Å². The molecule has 1 aliphatic heterocycles. The average molecular weight is 378 g/mol. The third-order valence-electron chi connectivity index (χ3n) is 5.49. The molecule has 1 saturated heterocycles. The Morgan fingerprint density at radius 2 is 2.07 bits per heavy atom. The van der Waals surface area contributed by atoms with Crippen LogP contribution in [0.5, 0.6) is 0 Å². The Kier molecular flexibility index (Phi) is 5.50. The highest BCUT2D eigenvalue weighted by Crippen LogP contribution is 2.22. The Bertz CT molecular complexity index is 917. The Morgan fingerprint density at radius 3 is 2.89 bits per heavy atom. The molecule has 1 amide bonds. The van der Waals surface area contributed by atoms with Crippen molar-refractivity contribution >= 4 is 5.91 Å². The number of likely N-dealkylation sites (tertiary alicyclic amines) is 1. The quantitative estimate of drug-likeness (QED) is 0.661. The van der Waals surface area contributed by atoms with Gasteiger partial charge in [0.1, 0.15) is 0 Å². The van der Waals surface area contributed by atoms with E-state index < -0.39 is 0 Å². The summed E-state index contributed by atoms with van der Waals surface area (Å²) in [6.45, 7) is 4.31. The van der Waals surface area contributed by atoms with E-state index in [0.29, 0.717) is 12.2 Å². The molecule has 146 valence electrons. The van der Waals surface area contributed by atoms with Gasteiger partial charge in [0.25, 0.3) is 5.91 Å². The number of carbonyl (C=O) groups is 1. The standard InChI is InChI=1S/C21H26N6O/c1-17-7-2-3-8-18(17)15-26-16-20(23-24-26)21(28)27-13-5-4-9-19(27)10-14-25-12-6-11-22-25/h2-3,6-8,11-12,16,19H,4-5,9-10,13-15H2,1H3. The maximum atomic E-state index is 13.1. The van der Waals surface area contributed by atoms with E-state index in [-0.39, 0.29) is 11.9 Å². The van der Waals surface area contributed by atoms with Crippen molar-refractivity contribution in [1.82, 2.24) is 29.7 Å². The van der Waals surface area contributed by atoms with Crippen molar-refractivity contribution in [2.24, 2.45) is 0 Å². The number of hydrogen-bond acceptors (Lipinski definition) is 4. The molecular formula is C21H26N6O. The second-order valence-corrected chi connectivity index (χ2v) is 7.43. The summed E-state index contributed by atoms with van der Waals surface area (Å²) in [5.41, 5.74) is 2.82. The number of aryl methyl sites for hydroxylation is 2. The Morgan fingerprint density at radius 1 is 1.18 bits per heavy atom. The van der Waals surface area contributed by atoms with Crippen molar-refractivity contribution < 1.29 is 4.79 Å². The van der Waals surface area contributed by atoms with Crippen molar-refractivity contribution in [2.45, 2.75) is 51.7 Å². The molecule has 0 spiro atoms. The molecule has 0 radical (unpaired) electrons. The summed E-state index contributed by atoms with van der Waals surface area (Å²) in [6, 6.07) is 10.4. The minimum atomic E-state index is -0.0128. The predicted octanol–water partition coefficient (Wildman–Crippen LogP) is 2.92. The number of benzene rings is 1. The summed E-state index contributed by atoms with van der Waals surface area (Å²) < 4.78 is 3.67. The molecular weight excluding hydrogens is 352 g/mol. The van der Waals surface area contributed by atoms with E-state index in [4.69, 9.17) is 0 Å². The van der Waals surface area contributed by atoms with Gasteiger partial charge in [0, 0.05) is 31.5 Å². The number of aromatic nitrogens is 5. The van der Waals surface area contributed by atoms with Gasteiger partial charge in [-0.15, -0.1) is 5.10 Å². The summed E-state index contributed by atoms with van der Waals surface area (Å²) >= 11 is 0. The van der Waals surface area contributed by atoms with Gasteiger partial charge in [-0.25, -0.2) is 4.68 Å². The minimum Gasteiger partial charge on any atom is -0.334 e. The fourth-order valence-electron chi connectivity index (χ4n) is 3.86. The van der Waals surface area contributed by atoms with Crippen LogP contribution in [-0.2, 0) is 13.1 Å². The summed E-state index contributed by atoms with van der Waals surface area (Å²) in [6.07, 6.45) is 9.67. The van der Waals surface area contributed by atoms with Crippen molar-refractivity contribution in [3.63, 3.8) is 0 Å². The Balaban J connectivity index is 1.43. The molecule has 3 heterocycles. The summed E-state index contributed by atoms with van der Waals surface area (Å²) in [7, 11) is 0. The average Bonchev–Trinajstić information content (AvgIpc) is 3.40. The first-order valence-electron chi connectivity index (χ1n) is 9.94. The lowest BCUT2D eigenvalue weighted by Gasteiger charge is -2.35. The van der Waals surface area contributed by atoms with E-state index in [1.807, 2.05) is 34.0 Å². The lowest BCUT2D eigenvalue weighted by atomic mass is 9.99. The van der Waals surface area contributed by atoms with E-state index in [1.165, 1.54) is 11.1 Å². The number of carbonyl (C=O) groups excluding carboxylic acids is 1. The van der Waals surface area contributed by atoms with Crippen LogP contribution in [0.4, 0.5) is 0 Å². The first-order valence-corrected chi connectivity index (χ1v) is 9.94. The van der Waals surface area contributed by atoms with Gasteiger partial charge in [0.15, 0.2) is 5.69 Å². The van der Waals surface area contributed by atoms with E-state index in [0.717, 1.165) is 38.8 Å². The number of rotatable bonds is 6. The van der Waals surface area contributed by atoms with E-state index in [9.17, 15) is 4.79 Å². The van der Waals surface area contributed by atoms with Crippen molar-refractivity contribution in [1.29, 1.82) is 0 Å². The van der Waals surface area contributed by atoms with E-state index in [2.05, 4.69) is 34.5 Å². The molecule has 7 heteroatoms. The van der Waals surface area contributed by atoms with Gasteiger partial charge in [-0.1, -0.05) is 29.5 Å². The lowest BCUT2D eigenvalue weighted by Crippen LogP contribution is -2.44. The summed E-state index contributed by atoms with van der Waals surface area (Å²) in [4.78, 5) is 15.1. The molecule has 0 aliphatic carbocycles. The van der Waals surface area contributed by atoms with Gasteiger partial charge in [0.2, 0.25) is 0 Å². The lowest BCUT2D eigenvalue weighted by molar-refractivity contribution is 0.0587. The molecule has 1 unspecified atom stereocenters. The predicted molar refractivity (Wildman–Crippen MR) is 106 cm³/mol. The molecule has 28 heavy (non-hydrogen) atoms. The minimum absolute atomic E-state index is 0.0128. The van der Waals surface area contributed by atoms with Crippen LogP contribution in [0.3, 0.4) is 0 Å². The zero-order chi connectivity index (χ0) is 19.3. The van der Waals surface area contributed by atoms with Crippen LogP contribution in [0.15, 0.2) is 48.9 Å². The highest BCUT2D eigenvalue weighted by Gasteiger charge is 2.29. The van der Waals surface area contributed by atoms with Crippen LogP contribution in [-0.4, -0.2) is 48.2 Å². The van der Waals surface area contributed by atoms with Crippen LogP contribution in [0, 0.1) is 6.92 Å². The first-order chi connectivity index (χ1) is 13.7. The maximum Gasteiger partial charge on any atom is 0.276 e. The molecule has 0 N–H and O–H groups in total. The number of hydrogen-bond donors (Lipinski definition) is 0. The van der Waals surface area contributed by atoms with Crippen molar-refractivity contribution in [3.8, 4) is 0 Å². The van der Waals surface area contributed by atoms with Crippen LogP contribution < -0.4 is 0 Å². The third kappa shape index (κ3) is 4.13.